The number of rotatable bonds is 15. The number of hydrogen-bond donors (Lipinski definition) is 1. The van der Waals surface area contributed by atoms with Gasteiger partial charge in [0.25, 0.3) is 0 Å². The normalized spacial score (nSPS) is 22.1. The van der Waals surface area contributed by atoms with Crippen molar-refractivity contribution < 1.29 is 19.3 Å². The maximum absolute atomic E-state index is 14.7. The highest BCUT2D eigenvalue weighted by atomic mass is 16.4. The second kappa shape index (κ2) is 17.4. The molecule has 3 heterocycles. The van der Waals surface area contributed by atoms with Gasteiger partial charge in [-0.3, -0.25) is 9.59 Å². The zero-order chi connectivity index (χ0) is 39.3. The van der Waals surface area contributed by atoms with Crippen molar-refractivity contribution in [1.82, 2.24) is 9.80 Å². The summed E-state index contributed by atoms with van der Waals surface area (Å²) in [5, 5.41) is 9.55. The SMILES string of the molecule is CCCN1C(=CC=C2CCCC(C3=[N+](CCC)c4ccccc4C3(C)C)=C2N(CCCN2CCCCC2C)C(=O)CCCC(=O)O)C(C)(C)c2ccccc21. The van der Waals surface area contributed by atoms with Crippen LogP contribution in [0.5, 0.6) is 0 Å². The number of hydrogen-bond acceptors (Lipinski definition) is 4. The Kier molecular flexibility index (Phi) is 12.9. The summed E-state index contributed by atoms with van der Waals surface area (Å²) < 4.78 is 2.55. The zero-order valence-corrected chi connectivity index (χ0v) is 34.9. The highest BCUT2D eigenvalue weighted by Crippen LogP contribution is 2.49. The predicted molar refractivity (Wildman–Crippen MR) is 226 cm³/mol. The minimum absolute atomic E-state index is 0.00152. The van der Waals surface area contributed by atoms with Crippen molar-refractivity contribution in [2.45, 2.75) is 142 Å². The maximum Gasteiger partial charge on any atom is 0.303 e. The Morgan fingerprint density at radius 1 is 0.873 bits per heavy atom. The number of anilines is 1. The predicted octanol–water partition coefficient (Wildman–Crippen LogP) is 10.3. The van der Waals surface area contributed by atoms with E-state index in [0.29, 0.717) is 19.0 Å². The molecule has 3 aliphatic heterocycles. The molecular formula is C48H67N4O3+. The highest BCUT2D eigenvalue weighted by molar-refractivity contribution is 6.08. The van der Waals surface area contributed by atoms with Gasteiger partial charge in [-0.05, 0) is 102 Å². The molecule has 1 fully saturated rings. The lowest BCUT2D eigenvalue weighted by Crippen LogP contribution is -2.41. The molecule has 2 aromatic carbocycles. The maximum atomic E-state index is 14.7. The number of likely N-dealkylation sites (tertiary alicyclic amines) is 1. The van der Waals surface area contributed by atoms with Crippen molar-refractivity contribution >= 4 is 29.0 Å². The van der Waals surface area contributed by atoms with Gasteiger partial charge >= 0.3 is 5.97 Å². The van der Waals surface area contributed by atoms with Gasteiger partial charge in [0.2, 0.25) is 11.6 Å². The first kappa shape index (κ1) is 40.7. The van der Waals surface area contributed by atoms with Crippen molar-refractivity contribution in [3.05, 3.63) is 94.4 Å². The molecule has 1 unspecified atom stereocenters. The Bertz CT molecular complexity index is 1860. The van der Waals surface area contributed by atoms with E-state index in [1.54, 1.807) is 0 Å². The molecule has 6 rings (SSSR count). The molecule has 7 heteroatoms. The molecule has 1 N–H and O–H groups in total. The van der Waals surface area contributed by atoms with Crippen LogP contribution in [0, 0.1) is 0 Å². The van der Waals surface area contributed by atoms with Crippen molar-refractivity contribution in [3.63, 3.8) is 0 Å². The molecule has 0 aromatic heterocycles. The smallest absolute Gasteiger partial charge is 0.303 e. The third-order valence-electron chi connectivity index (χ3n) is 12.7. The van der Waals surface area contributed by atoms with Crippen molar-refractivity contribution in [2.24, 2.45) is 0 Å². The number of carboxylic acid groups (broad SMARTS) is 1. The van der Waals surface area contributed by atoms with E-state index in [9.17, 15) is 14.7 Å². The minimum atomic E-state index is -0.851. The fourth-order valence-corrected chi connectivity index (χ4v) is 10.0. The summed E-state index contributed by atoms with van der Waals surface area (Å²) in [4.78, 5) is 33.6. The quantitative estimate of drug-likeness (QED) is 0.184. The summed E-state index contributed by atoms with van der Waals surface area (Å²) in [7, 11) is 0. The molecule has 0 bridgehead atoms. The summed E-state index contributed by atoms with van der Waals surface area (Å²) in [6, 6.07) is 18.2. The third kappa shape index (κ3) is 8.28. The van der Waals surface area contributed by atoms with Gasteiger partial charge in [0.05, 0.1) is 11.1 Å². The molecule has 55 heavy (non-hydrogen) atoms. The van der Waals surface area contributed by atoms with Crippen LogP contribution in [-0.4, -0.2) is 75.8 Å². The lowest BCUT2D eigenvalue weighted by molar-refractivity contribution is -0.438. The number of piperidine rings is 1. The van der Waals surface area contributed by atoms with Gasteiger partial charge in [-0.15, -0.1) is 0 Å². The number of aliphatic carboxylic acids is 1. The monoisotopic (exact) mass is 748 g/mol. The van der Waals surface area contributed by atoms with Crippen LogP contribution < -0.4 is 4.90 Å². The number of para-hydroxylation sites is 2. The Morgan fingerprint density at radius 2 is 1.62 bits per heavy atom. The van der Waals surface area contributed by atoms with Crippen molar-refractivity contribution in [2.75, 3.05) is 37.6 Å². The Labute approximate surface area is 331 Å². The molecule has 2 aromatic rings. The van der Waals surface area contributed by atoms with E-state index in [1.807, 2.05) is 0 Å². The van der Waals surface area contributed by atoms with Crippen LogP contribution in [0.4, 0.5) is 11.4 Å². The lowest BCUT2D eigenvalue weighted by Gasteiger charge is -2.36. The summed E-state index contributed by atoms with van der Waals surface area (Å²) >= 11 is 0. The van der Waals surface area contributed by atoms with E-state index in [-0.39, 0.29) is 29.6 Å². The van der Waals surface area contributed by atoms with E-state index in [0.717, 1.165) is 70.4 Å². The molecular weight excluding hydrogens is 681 g/mol. The fourth-order valence-electron chi connectivity index (χ4n) is 10.0. The Hall–Kier alpha value is -3.97. The number of fused-ring (bicyclic) bond motifs is 2. The van der Waals surface area contributed by atoms with E-state index in [2.05, 4.69) is 128 Å². The van der Waals surface area contributed by atoms with E-state index in [4.69, 9.17) is 0 Å². The van der Waals surface area contributed by atoms with Crippen LogP contribution in [0.2, 0.25) is 0 Å². The zero-order valence-electron chi connectivity index (χ0n) is 34.9. The van der Waals surface area contributed by atoms with Crippen molar-refractivity contribution in [1.29, 1.82) is 0 Å². The summed E-state index contributed by atoms with van der Waals surface area (Å²) in [6.45, 7) is 20.8. The van der Waals surface area contributed by atoms with Crippen molar-refractivity contribution in [3.8, 4) is 0 Å². The van der Waals surface area contributed by atoms with Crippen LogP contribution in [0.1, 0.15) is 137 Å². The highest BCUT2D eigenvalue weighted by Gasteiger charge is 2.49. The molecule has 4 aliphatic rings. The summed E-state index contributed by atoms with van der Waals surface area (Å²) in [5.41, 5.74) is 11.0. The van der Waals surface area contributed by atoms with Gasteiger partial charge in [-0.2, -0.15) is 4.58 Å². The average Bonchev–Trinajstić information content (AvgIpc) is 3.51. The Balaban J connectivity index is 1.53. The van der Waals surface area contributed by atoms with E-state index in [1.165, 1.54) is 64.3 Å². The summed E-state index contributed by atoms with van der Waals surface area (Å²) in [6.07, 6.45) is 14.8. The number of benzene rings is 2. The number of carbonyl (C=O) groups excluding carboxylic acids is 1. The number of nitrogens with zero attached hydrogens (tertiary/aromatic N) is 4. The van der Waals surface area contributed by atoms with Gasteiger partial charge in [0, 0.05) is 78.9 Å². The van der Waals surface area contributed by atoms with Crippen LogP contribution in [-0.2, 0) is 20.4 Å². The molecule has 296 valence electrons. The molecule has 1 atom stereocenters. The van der Waals surface area contributed by atoms with E-state index >= 15 is 0 Å². The molecule has 1 amide bonds. The number of carboxylic acids is 1. The second-order valence-corrected chi connectivity index (χ2v) is 17.4. The largest absolute Gasteiger partial charge is 0.481 e. The molecule has 1 saturated heterocycles. The number of carbonyl (C=O) groups is 2. The first-order valence-corrected chi connectivity index (χ1v) is 21.4. The van der Waals surface area contributed by atoms with Crippen LogP contribution in [0.25, 0.3) is 0 Å². The van der Waals surface area contributed by atoms with Crippen LogP contribution in [0.3, 0.4) is 0 Å². The number of allylic oxidation sites excluding steroid dienone is 5. The first-order chi connectivity index (χ1) is 26.4. The second-order valence-electron chi connectivity index (χ2n) is 17.4. The fraction of sp³-hybridized carbons (Fsp3) is 0.562. The number of amides is 1. The van der Waals surface area contributed by atoms with Crippen LogP contribution >= 0.6 is 0 Å². The van der Waals surface area contributed by atoms with Gasteiger partial charge in [0.1, 0.15) is 6.54 Å². The molecule has 0 spiro atoms. The lowest BCUT2D eigenvalue weighted by atomic mass is 9.75. The molecule has 1 aliphatic carbocycles. The van der Waals surface area contributed by atoms with Gasteiger partial charge < -0.3 is 19.8 Å². The van der Waals surface area contributed by atoms with Gasteiger partial charge in [0.15, 0.2) is 5.71 Å². The topological polar surface area (TPSA) is 67.1 Å². The van der Waals surface area contributed by atoms with Gasteiger partial charge in [-0.25, -0.2) is 0 Å². The molecule has 0 saturated carbocycles. The standard InChI is InChI=1S/C48H66N4O3/c1-8-30-50-40-24-12-10-22-38(40)47(4,5)42(50)29-28-36-20-16-21-37(46-48(6,7)39-23-11-13-25-41(39)51(46)31-9-2)45(36)52(43(53)26-17-27-44(54)55)34-18-33-49-32-15-14-19-35(49)3/h10-13,22-25,28-29,35H,8-9,14-21,26-27,30-34H2,1-7H3/p+1. The average molecular weight is 748 g/mol. The van der Waals surface area contributed by atoms with Crippen LogP contribution in [0.15, 0.2) is 83.2 Å². The molecule has 0 radical (unpaired) electrons. The minimum Gasteiger partial charge on any atom is -0.481 e. The van der Waals surface area contributed by atoms with Gasteiger partial charge in [-0.1, -0.05) is 76.6 Å². The van der Waals surface area contributed by atoms with E-state index < -0.39 is 5.97 Å². The third-order valence-corrected chi connectivity index (χ3v) is 12.7. The summed E-state index contributed by atoms with van der Waals surface area (Å²) in [5.74, 6) is -0.811. The molecule has 7 nitrogen and oxygen atoms in total. The Morgan fingerprint density at radius 3 is 2.35 bits per heavy atom. The first-order valence-electron chi connectivity index (χ1n) is 21.4.